The summed E-state index contributed by atoms with van der Waals surface area (Å²) in [4.78, 5) is 12.4. The van der Waals surface area contributed by atoms with E-state index in [-0.39, 0.29) is 11.6 Å². The average molecular weight is 264 g/mol. The molecule has 1 aliphatic carbocycles. The van der Waals surface area contributed by atoms with Crippen molar-refractivity contribution in [2.45, 2.75) is 31.4 Å². The Bertz CT molecular complexity index is 650. The highest BCUT2D eigenvalue weighted by Gasteiger charge is 2.27. The Hall–Kier alpha value is -1.32. The number of aromatic nitrogens is 1. The summed E-state index contributed by atoms with van der Waals surface area (Å²) in [7, 11) is 0. The number of benzene rings is 1. The number of hydrogen-bond acceptors (Lipinski definition) is 2. The number of rotatable bonds is 1. The van der Waals surface area contributed by atoms with Crippen molar-refractivity contribution in [2.75, 3.05) is 0 Å². The van der Waals surface area contributed by atoms with E-state index in [2.05, 4.69) is 0 Å². The van der Waals surface area contributed by atoms with Gasteiger partial charge in [-0.25, -0.2) is 0 Å². The molecule has 18 heavy (non-hydrogen) atoms. The fraction of sp³-hybridized carbons (Fsp3) is 0.357. The van der Waals surface area contributed by atoms with Gasteiger partial charge in [-0.2, -0.15) is 0 Å². The smallest absolute Gasteiger partial charge is 0.258 e. The lowest BCUT2D eigenvalue weighted by atomic mass is 10.1. The molecule has 1 aliphatic rings. The van der Waals surface area contributed by atoms with Gasteiger partial charge in [0.2, 0.25) is 0 Å². The molecule has 0 spiro atoms. The van der Waals surface area contributed by atoms with Gasteiger partial charge in [0.05, 0.1) is 12.1 Å². The van der Waals surface area contributed by atoms with Gasteiger partial charge in [-0.05, 0) is 42.8 Å². The quantitative estimate of drug-likeness (QED) is 0.860. The molecule has 1 heterocycles. The molecule has 0 radical (unpaired) electrons. The van der Waals surface area contributed by atoms with E-state index in [1.807, 2.05) is 12.1 Å². The molecule has 1 unspecified atom stereocenters. The zero-order valence-electron chi connectivity index (χ0n) is 9.84. The monoisotopic (exact) mass is 263 g/mol. The van der Waals surface area contributed by atoms with E-state index < -0.39 is 6.10 Å². The fourth-order valence-electron chi connectivity index (χ4n) is 2.73. The van der Waals surface area contributed by atoms with Crippen molar-refractivity contribution in [1.82, 2.24) is 4.57 Å². The van der Waals surface area contributed by atoms with Gasteiger partial charge >= 0.3 is 0 Å². The van der Waals surface area contributed by atoms with Gasteiger partial charge in [-0.3, -0.25) is 4.79 Å². The molecule has 3 nitrogen and oxygen atoms in total. The van der Waals surface area contributed by atoms with E-state index in [0.29, 0.717) is 10.4 Å². The first-order valence-electron chi connectivity index (χ1n) is 6.15. The molecule has 1 N–H and O–H groups in total. The van der Waals surface area contributed by atoms with Crippen LogP contribution in [0.3, 0.4) is 0 Å². The first-order valence-corrected chi connectivity index (χ1v) is 6.53. The van der Waals surface area contributed by atoms with E-state index in [0.717, 1.165) is 24.6 Å². The van der Waals surface area contributed by atoms with Crippen LogP contribution in [0.4, 0.5) is 0 Å². The predicted octanol–water partition coefficient (Wildman–Crippen LogP) is 2.74. The SMILES string of the molecule is O=c1c2cc(Cl)ccc2ccn1C1CCC[C@H]1O. The van der Waals surface area contributed by atoms with Crippen LogP contribution in [0.25, 0.3) is 10.8 Å². The van der Waals surface area contributed by atoms with E-state index in [9.17, 15) is 9.90 Å². The van der Waals surface area contributed by atoms with Crippen LogP contribution in [-0.2, 0) is 0 Å². The first-order chi connectivity index (χ1) is 8.66. The van der Waals surface area contributed by atoms with Gasteiger partial charge in [-0.15, -0.1) is 0 Å². The van der Waals surface area contributed by atoms with Crippen molar-refractivity contribution in [3.8, 4) is 0 Å². The second-order valence-corrected chi connectivity index (χ2v) is 5.26. The molecular weight excluding hydrogens is 250 g/mol. The molecule has 1 saturated carbocycles. The topological polar surface area (TPSA) is 42.2 Å². The number of hydrogen-bond donors (Lipinski definition) is 1. The molecular formula is C14H14ClNO2. The Labute approximate surface area is 110 Å². The van der Waals surface area contributed by atoms with Crippen LogP contribution in [0.15, 0.2) is 35.3 Å². The zero-order valence-corrected chi connectivity index (χ0v) is 10.6. The predicted molar refractivity (Wildman–Crippen MR) is 72.1 cm³/mol. The Morgan fingerprint density at radius 3 is 2.83 bits per heavy atom. The second-order valence-electron chi connectivity index (χ2n) is 4.83. The van der Waals surface area contributed by atoms with Crippen LogP contribution in [0, 0.1) is 0 Å². The average Bonchev–Trinajstić information content (AvgIpc) is 2.77. The largest absolute Gasteiger partial charge is 0.391 e. The second kappa shape index (κ2) is 4.41. The highest BCUT2D eigenvalue weighted by molar-refractivity contribution is 6.31. The molecule has 3 rings (SSSR count). The molecule has 0 saturated heterocycles. The lowest BCUT2D eigenvalue weighted by Gasteiger charge is -2.18. The zero-order chi connectivity index (χ0) is 12.7. The molecule has 2 aromatic rings. The molecule has 1 aromatic heterocycles. The fourth-order valence-corrected chi connectivity index (χ4v) is 2.91. The van der Waals surface area contributed by atoms with Crippen molar-refractivity contribution >= 4 is 22.4 Å². The van der Waals surface area contributed by atoms with Gasteiger partial charge in [-0.1, -0.05) is 17.7 Å². The maximum atomic E-state index is 12.4. The van der Waals surface area contributed by atoms with Gasteiger partial charge in [0.15, 0.2) is 0 Å². The molecule has 2 atom stereocenters. The molecule has 0 aliphatic heterocycles. The van der Waals surface area contributed by atoms with Gasteiger partial charge < -0.3 is 9.67 Å². The van der Waals surface area contributed by atoms with Crippen molar-refractivity contribution in [1.29, 1.82) is 0 Å². The highest BCUT2D eigenvalue weighted by atomic mass is 35.5. The van der Waals surface area contributed by atoms with Crippen LogP contribution >= 0.6 is 11.6 Å². The summed E-state index contributed by atoms with van der Waals surface area (Å²) in [5.74, 6) is 0. The molecule has 4 heteroatoms. The first kappa shape index (κ1) is 11.8. The van der Waals surface area contributed by atoms with Gasteiger partial charge in [0.1, 0.15) is 0 Å². The number of pyridine rings is 1. The summed E-state index contributed by atoms with van der Waals surface area (Å²) in [5, 5.41) is 12.0. The van der Waals surface area contributed by atoms with E-state index in [4.69, 9.17) is 11.6 Å². The molecule has 94 valence electrons. The number of halogens is 1. The normalized spacial score (nSPS) is 23.7. The molecule has 1 aromatic carbocycles. The van der Waals surface area contributed by atoms with Crippen molar-refractivity contribution in [2.24, 2.45) is 0 Å². The van der Waals surface area contributed by atoms with E-state index >= 15 is 0 Å². The lowest BCUT2D eigenvalue weighted by Crippen LogP contribution is -2.28. The summed E-state index contributed by atoms with van der Waals surface area (Å²) < 4.78 is 1.65. The highest BCUT2D eigenvalue weighted by Crippen LogP contribution is 2.29. The summed E-state index contributed by atoms with van der Waals surface area (Å²) in [6.07, 6.45) is 3.95. The van der Waals surface area contributed by atoms with Gasteiger partial charge in [0.25, 0.3) is 5.56 Å². The molecule has 1 fully saturated rings. The third-order valence-electron chi connectivity index (χ3n) is 3.70. The summed E-state index contributed by atoms with van der Waals surface area (Å²) in [6, 6.07) is 7.11. The molecule has 0 bridgehead atoms. The van der Waals surface area contributed by atoms with Crippen LogP contribution in [-0.4, -0.2) is 15.8 Å². The maximum Gasteiger partial charge on any atom is 0.258 e. The Kier molecular flexibility index (Phi) is 2.88. The Morgan fingerprint density at radius 1 is 1.28 bits per heavy atom. The maximum absolute atomic E-state index is 12.4. The van der Waals surface area contributed by atoms with Crippen molar-refractivity contribution in [3.63, 3.8) is 0 Å². The minimum atomic E-state index is -0.417. The van der Waals surface area contributed by atoms with Crippen LogP contribution in [0.5, 0.6) is 0 Å². The van der Waals surface area contributed by atoms with Crippen LogP contribution in [0.2, 0.25) is 5.02 Å². The van der Waals surface area contributed by atoms with Crippen molar-refractivity contribution < 1.29 is 5.11 Å². The van der Waals surface area contributed by atoms with Crippen LogP contribution < -0.4 is 5.56 Å². The van der Waals surface area contributed by atoms with E-state index in [1.54, 1.807) is 22.9 Å². The number of nitrogens with zero attached hydrogens (tertiary/aromatic N) is 1. The van der Waals surface area contributed by atoms with E-state index in [1.165, 1.54) is 0 Å². The number of fused-ring (bicyclic) bond motifs is 1. The van der Waals surface area contributed by atoms with Crippen LogP contribution in [0.1, 0.15) is 25.3 Å². The summed E-state index contributed by atoms with van der Waals surface area (Å²) in [6.45, 7) is 0. The Morgan fingerprint density at radius 2 is 2.11 bits per heavy atom. The third-order valence-corrected chi connectivity index (χ3v) is 3.93. The third kappa shape index (κ3) is 1.84. The standard InChI is InChI=1S/C14H14ClNO2/c15-10-5-4-9-6-7-16(14(18)11(9)8-10)12-2-1-3-13(12)17/h4-8,12-13,17H,1-3H2/t12?,13-/m1/s1. The van der Waals surface area contributed by atoms with Crippen molar-refractivity contribution in [3.05, 3.63) is 45.8 Å². The molecule has 0 amide bonds. The summed E-state index contributed by atoms with van der Waals surface area (Å²) in [5.41, 5.74) is -0.0686. The number of aliphatic hydroxyl groups is 1. The minimum absolute atomic E-state index is 0.0686. The van der Waals surface area contributed by atoms with Gasteiger partial charge in [0, 0.05) is 16.6 Å². The Balaban J connectivity index is 2.19. The summed E-state index contributed by atoms with van der Waals surface area (Å²) >= 11 is 5.93. The minimum Gasteiger partial charge on any atom is -0.391 e. The lowest BCUT2D eigenvalue weighted by molar-refractivity contribution is 0.135. The number of aliphatic hydroxyl groups excluding tert-OH is 1.